The first kappa shape index (κ1) is 40.8. The van der Waals surface area contributed by atoms with Crippen LogP contribution in [0.15, 0.2) is 78.5 Å². The molecule has 7 rings (SSSR count). The minimum Gasteiger partial charge on any atom is -0.444 e. The molecule has 0 bridgehead atoms. The lowest BCUT2D eigenvalue weighted by Crippen LogP contribution is -2.57. The van der Waals surface area contributed by atoms with Crippen molar-refractivity contribution in [3.8, 4) is 0 Å². The maximum absolute atomic E-state index is 14.6. The first-order valence-electron chi connectivity index (χ1n) is 19.6. The molecule has 2 fully saturated rings. The van der Waals surface area contributed by atoms with E-state index in [-0.39, 0.29) is 38.2 Å². The molecule has 58 heavy (non-hydrogen) atoms. The summed E-state index contributed by atoms with van der Waals surface area (Å²) in [5.74, 6) is -4.13. The van der Waals surface area contributed by atoms with Crippen LogP contribution in [0.25, 0.3) is 0 Å². The molecule has 3 aromatic rings. The number of halogens is 2. The van der Waals surface area contributed by atoms with Gasteiger partial charge in [-0.25, -0.2) is 26.7 Å². The first-order valence-corrected chi connectivity index (χ1v) is 21.1. The van der Waals surface area contributed by atoms with Crippen LogP contribution < -0.4 is 20.7 Å². The van der Waals surface area contributed by atoms with Crippen molar-refractivity contribution in [3.63, 3.8) is 0 Å². The number of nitrogens with zero attached hydrogens (tertiary/aromatic N) is 3. The number of hydrogen-bond acceptors (Lipinski definition) is 10. The second kappa shape index (κ2) is 17.2. The number of amides is 4. The third-order valence-electron chi connectivity index (χ3n) is 11.4. The number of pyridine rings is 1. The van der Waals surface area contributed by atoms with Gasteiger partial charge in [-0.15, -0.1) is 6.58 Å². The predicted octanol–water partition coefficient (Wildman–Crippen LogP) is 4.27. The molecular weight excluding hydrogens is 773 g/mol. The van der Waals surface area contributed by atoms with Gasteiger partial charge in [-0.05, 0) is 66.8 Å². The van der Waals surface area contributed by atoms with Gasteiger partial charge in [0.25, 0.3) is 15.9 Å². The van der Waals surface area contributed by atoms with E-state index in [0.29, 0.717) is 43.5 Å². The van der Waals surface area contributed by atoms with Crippen LogP contribution >= 0.6 is 0 Å². The van der Waals surface area contributed by atoms with E-state index in [9.17, 15) is 36.4 Å². The summed E-state index contributed by atoms with van der Waals surface area (Å²) in [6.07, 6.45) is 7.13. The van der Waals surface area contributed by atoms with Crippen LogP contribution in [0, 0.1) is 17.6 Å². The van der Waals surface area contributed by atoms with Crippen LogP contribution in [-0.2, 0) is 48.8 Å². The highest BCUT2D eigenvalue weighted by Crippen LogP contribution is 2.45. The van der Waals surface area contributed by atoms with Gasteiger partial charge < -0.3 is 25.6 Å². The van der Waals surface area contributed by atoms with Crippen molar-refractivity contribution in [2.24, 2.45) is 5.92 Å². The third-order valence-corrected chi connectivity index (χ3v) is 12.8. The molecule has 4 heterocycles. The fourth-order valence-corrected chi connectivity index (χ4v) is 9.29. The van der Waals surface area contributed by atoms with Crippen LogP contribution in [0.1, 0.15) is 68.1 Å². The Bertz CT molecular complexity index is 2180. The minimum atomic E-state index is -4.65. The maximum Gasteiger partial charge on any atom is 0.410 e. The molecule has 2 aromatic carbocycles. The molecule has 14 nitrogen and oxygen atoms in total. The number of anilines is 1. The van der Waals surface area contributed by atoms with E-state index < -0.39 is 80.0 Å². The number of aromatic nitrogens is 1. The van der Waals surface area contributed by atoms with Crippen LogP contribution in [0.3, 0.4) is 0 Å². The standard InChI is InChI=1S/C41H47F2N7O7S/c1-2-28-21-41(28)39(53)48-58(55,56)36-19-29(42)12-13-33(36)45-16-7-5-3-4-6-11-34(46-22-26-14-17-44-18-15-26)38(52)50-24-30(20-35(50)37(51)47-41)57-40(54)49-23-27-9-8-10-32(43)31(27)25-49/h2,8-10,12-15,17-19,28,30,34-35,45-46H,1,3-7,11,16,20-25H2,(H,47,51)(H,48,53)/t28-,30-,34+,35+,41-/m1/s1. The summed E-state index contributed by atoms with van der Waals surface area (Å²) in [6, 6.07) is 9.57. The molecule has 5 atom stereocenters. The monoisotopic (exact) mass is 819 g/mol. The number of carbonyl (C=O) groups excluding carboxylic acids is 4. The van der Waals surface area contributed by atoms with Crippen molar-refractivity contribution in [1.29, 1.82) is 0 Å². The number of rotatable bonds is 5. The summed E-state index contributed by atoms with van der Waals surface area (Å²) >= 11 is 0. The van der Waals surface area contributed by atoms with E-state index >= 15 is 0 Å². The lowest BCUT2D eigenvalue weighted by Gasteiger charge is -2.30. The van der Waals surface area contributed by atoms with Gasteiger partial charge in [0.05, 0.1) is 24.8 Å². The predicted molar refractivity (Wildman–Crippen MR) is 208 cm³/mol. The van der Waals surface area contributed by atoms with Crippen LogP contribution in [0.4, 0.5) is 19.3 Å². The maximum atomic E-state index is 14.6. The summed E-state index contributed by atoms with van der Waals surface area (Å²) in [6.45, 7) is 4.48. The van der Waals surface area contributed by atoms with E-state index in [1.54, 1.807) is 24.5 Å². The lowest BCUT2D eigenvalue weighted by atomic mass is 10.0. The lowest BCUT2D eigenvalue weighted by molar-refractivity contribution is -0.141. The van der Waals surface area contributed by atoms with Gasteiger partial charge in [0.15, 0.2) is 0 Å². The summed E-state index contributed by atoms with van der Waals surface area (Å²) in [5, 5.41) is 9.15. The molecule has 4 N–H and O–H groups in total. The fourth-order valence-electron chi connectivity index (χ4n) is 8.05. The normalized spacial score (nSPS) is 26.3. The molecule has 4 aliphatic rings. The molecule has 17 heteroatoms. The molecule has 0 unspecified atom stereocenters. The Kier molecular flexibility index (Phi) is 12.1. The number of fused-ring (bicyclic) bond motifs is 3. The quantitative estimate of drug-likeness (QED) is 0.272. The highest BCUT2D eigenvalue weighted by molar-refractivity contribution is 7.90. The van der Waals surface area contributed by atoms with E-state index in [4.69, 9.17) is 4.74 Å². The van der Waals surface area contributed by atoms with Crippen molar-refractivity contribution < 1.29 is 41.1 Å². The largest absolute Gasteiger partial charge is 0.444 e. The molecule has 1 aliphatic carbocycles. The van der Waals surface area contributed by atoms with E-state index in [2.05, 4.69) is 32.2 Å². The summed E-state index contributed by atoms with van der Waals surface area (Å²) in [5.41, 5.74) is 0.308. The number of nitrogens with one attached hydrogen (secondary N) is 4. The molecule has 3 aliphatic heterocycles. The number of ether oxygens (including phenoxy) is 1. The van der Waals surface area contributed by atoms with E-state index in [1.165, 1.54) is 28.0 Å². The number of hydrogen-bond donors (Lipinski definition) is 4. The summed E-state index contributed by atoms with van der Waals surface area (Å²) < 4.78 is 64.3. The highest BCUT2D eigenvalue weighted by atomic mass is 32.2. The van der Waals surface area contributed by atoms with Crippen LogP contribution in [0.2, 0.25) is 0 Å². The number of benzene rings is 2. The van der Waals surface area contributed by atoms with Crippen molar-refractivity contribution in [1.82, 2.24) is 30.1 Å². The zero-order chi connectivity index (χ0) is 41.0. The molecule has 1 spiro atoms. The zero-order valence-corrected chi connectivity index (χ0v) is 32.7. The summed E-state index contributed by atoms with van der Waals surface area (Å²) in [4.78, 5) is 62.7. The average molecular weight is 820 g/mol. The topological polar surface area (TPSA) is 179 Å². The molecular formula is C41H47F2N7O7S. The smallest absolute Gasteiger partial charge is 0.410 e. The van der Waals surface area contributed by atoms with E-state index in [1.807, 2.05) is 12.1 Å². The van der Waals surface area contributed by atoms with Gasteiger partial charge in [0, 0.05) is 49.9 Å². The van der Waals surface area contributed by atoms with Gasteiger partial charge in [-0.1, -0.05) is 43.9 Å². The molecule has 308 valence electrons. The van der Waals surface area contributed by atoms with Gasteiger partial charge >= 0.3 is 6.09 Å². The Morgan fingerprint density at radius 3 is 2.57 bits per heavy atom. The molecule has 1 saturated carbocycles. The SMILES string of the molecule is C=C[C@@H]1C[C@@]12NC(=O)[C@@H]1C[C@@H](OC(=O)N3Cc4cccc(F)c4C3)CN1C(=O)[C@@H](NCc1ccncc1)CCCCCCCNc1ccc(F)cc1S(=O)(=O)NC2=O. The second-order valence-electron chi connectivity index (χ2n) is 15.3. The van der Waals surface area contributed by atoms with E-state index in [0.717, 1.165) is 37.0 Å². The third kappa shape index (κ3) is 8.84. The Hall–Kier alpha value is -5.42. The van der Waals surface area contributed by atoms with Crippen molar-refractivity contribution in [2.75, 3.05) is 18.4 Å². The summed E-state index contributed by atoms with van der Waals surface area (Å²) in [7, 11) is -4.65. The van der Waals surface area contributed by atoms with Gasteiger partial charge in [-0.2, -0.15) is 0 Å². The second-order valence-corrected chi connectivity index (χ2v) is 17.0. The van der Waals surface area contributed by atoms with Crippen LogP contribution in [0.5, 0.6) is 0 Å². The van der Waals surface area contributed by atoms with Crippen molar-refractivity contribution in [3.05, 3.63) is 102 Å². The van der Waals surface area contributed by atoms with Crippen molar-refractivity contribution >= 4 is 39.5 Å². The number of carbonyl (C=O) groups is 4. The van der Waals surface area contributed by atoms with Crippen LogP contribution in [-0.4, -0.2) is 83.8 Å². The minimum absolute atomic E-state index is 0.00220. The Morgan fingerprint density at radius 2 is 1.81 bits per heavy atom. The molecule has 1 saturated heterocycles. The Balaban J connectivity index is 1.17. The van der Waals surface area contributed by atoms with Crippen molar-refractivity contribution in [2.45, 2.75) is 99.6 Å². The molecule has 1 aromatic heterocycles. The average Bonchev–Trinajstić information content (AvgIpc) is 3.49. The first-order chi connectivity index (χ1) is 27.9. The molecule has 0 radical (unpaired) electrons. The van der Waals surface area contributed by atoms with Gasteiger partial charge in [-0.3, -0.25) is 24.3 Å². The fraction of sp³-hybridized carbons (Fsp3) is 0.439. The molecule has 4 amide bonds. The van der Waals surface area contributed by atoms with Gasteiger partial charge in [0.1, 0.15) is 34.2 Å². The Labute approximate surface area is 335 Å². The van der Waals surface area contributed by atoms with Gasteiger partial charge in [0.2, 0.25) is 11.8 Å². The Morgan fingerprint density at radius 1 is 1.03 bits per heavy atom. The highest BCUT2D eigenvalue weighted by Gasteiger charge is 2.61. The zero-order valence-electron chi connectivity index (χ0n) is 31.9. The number of sulfonamides is 1.